The largest absolute Gasteiger partial charge is 0.340 e. The molecule has 0 unspecified atom stereocenters. The Labute approximate surface area is 200 Å². The van der Waals surface area contributed by atoms with E-state index in [-0.39, 0.29) is 18.9 Å². The van der Waals surface area contributed by atoms with Crippen LogP contribution in [0.5, 0.6) is 0 Å². The summed E-state index contributed by atoms with van der Waals surface area (Å²) in [4.78, 5) is 17.3. The van der Waals surface area contributed by atoms with Crippen LogP contribution in [-0.4, -0.2) is 87.3 Å². The second-order valence-corrected chi connectivity index (χ2v) is 12.2. The summed E-state index contributed by atoms with van der Waals surface area (Å²) in [6.07, 6.45) is 1.44. The van der Waals surface area contributed by atoms with Gasteiger partial charge in [0, 0.05) is 65.3 Å². The van der Waals surface area contributed by atoms with Gasteiger partial charge in [0.25, 0.3) is 0 Å². The molecule has 0 spiro atoms. The molecule has 1 aromatic rings. The SMILES string of the molecule is CC(C)c1ccc(S(=O)(=O)N(CCC(=O)N2CCNCC2)CCN2C[C@@H](C)C[C@H](C)C2)cc1. The van der Waals surface area contributed by atoms with Crippen molar-refractivity contribution in [3.05, 3.63) is 29.8 Å². The summed E-state index contributed by atoms with van der Waals surface area (Å²) in [5.41, 5.74) is 1.12. The van der Waals surface area contributed by atoms with Crippen LogP contribution in [0, 0.1) is 11.8 Å². The van der Waals surface area contributed by atoms with Crippen LogP contribution in [0.1, 0.15) is 52.0 Å². The van der Waals surface area contributed by atoms with Crippen LogP contribution in [0.2, 0.25) is 0 Å². The van der Waals surface area contributed by atoms with Crippen LogP contribution in [0.4, 0.5) is 0 Å². The molecule has 2 saturated heterocycles. The molecule has 2 aliphatic rings. The first kappa shape index (κ1) is 26.1. The van der Waals surface area contributed by atoms with E-state index < -0.39 is 10.0 Å². The van der Waals surface area contributed by atoms with Crippen molar-refractivity contribution in [3.8, 4) is 0 Å². The maximum Gasteiger partial charge on any atom is 0.243 e. The molecule has 186 valence electrons. The van der Waals surface area contributed by atoms with Gasteiger partial charge >= 0.3 is 0 Å². The Kier molecular flexibility index (Phi) is 9.33. The number of sulfonamides is 1. The summed E-state index contributed by atoms with van der Waals surface area (Å²) >= 11 is 0. The van der Waals surface area contributed by atoms with E-state index >= 15 is 0 Å². The van der Waals surface area contributed by atoms with E-state index in [0.29, 0.717) is 48.8 Å². The van der Waals surface area contributed by atoms with Crippen molar-refractivity contribution < 1.29 is 13.2 Å². The number of nitrogens with zero attached hydrogens (tertiary/aromatic N) is 3. The molecule has 0 aromatic heterocycles. The minimum absolute atomic E-state index is 0.0343. The Balaban J connectivity index is 1.72. The molecular weight excluding hydrogens is 436 g/mol. The molecular formula is C25H42N4O3S. The molecule has 0 radical (unpaired) electrons. The minimum atomic E-state index is -3.67. The summed E-state index contributed by atoms with van der Waals surface area (Å²) in [6.45, 7) is 15.0. The summed E-state index contributed by atoms with van der Waals surface area (Å²) in [5, 5.41) is 3.25. The number of carbonyl (C=O) groups excluding carboxylic acids is 1. The number of piperazine rings is 1. The van der Waals surface area contributed by atoms with Crippen LogP contribution in [0.3, 0.4) is 0 Å². The lowest BCUT2D eigenvalue weighted by atomic mass is 9.92. The van der Waals surface area contributed by atoms with Crippen LogP contribution in [0.15, 0.2) is 29.2 Å². The lowest BCUT2D eigenvalue weighted by Crippen LogP contribution is -2.48. The third kappa shape index (κ3) is 7.25. The van der Waals surface area contributed by atoms with Crippen molar-refractivity contribution in [2.45, 2.75) is 51.3 Å². The van der Waals surface area contributed by atoms with E-state index in [1.165, 1.54) is 10.7 Å². The zero-order valence-electron chi connectivity index (χ0n) is 20.8. The second kappa shape index (κ2) is 11.8. The second-order valence-electron chi connectivity index (χ2n) is 10.2. The van der Waals surface area contributed by atoms with E-state index in [2.05, 4.69) is 37.9 Å². The van der Waals surface area contributed by atoms with Gasteiger partial charge in [0.15, 0.2) is 0 Å². The maximum atomic E-state index is 13.6. The predicted octanol–water partition coefficient (Wildman–Crippen LogP) is 2.60. The van der Waals surface area contributed by atoms with Gasteiger partial charge in [-0.15, -0.1) is 0 Å². The first-order valence-electron chi connectivity index (χ1n) is 12.5. The van der Waals surface area contributed by atoms with Crippen LogP contribution < -0.4 is 5.32 Å². The molecule has 1 amide bonds. The predicted molar refractivity (Wildman–Crippen MR) is 133 cm³/mol. The number of piperidine rings is 1. The van der Waals surface area contributed by atoms with E-state index in [1.54, 1.807) is 12.1 Å². The highest BCUT2D eigenvalue weighted by Crippen LogP contribution is 2.23. The van der Waals surface area contributed by atoms with Crippen molar-refractivity contribution in [1.82, 2.24) is 19.4 Å². The van der Waals surface area contributed by atoms with Crippen molar-refractivity contribution in [1.29, 1.82) is 0 Å². The van der Waals surface area contributed by atoms with Crippen molar-refractivity contribution in [2.24, 2.45) is 11.8 Å². The Morgan fingerprint density at radius 2 is 1.67 bits per heavy atom. The molecule has 33 heavy (non-hydrogen) atoms. The maximum absolute atomic E-state index is 13.6. The average molecular weight is 479 g/mol. The number of likely N-dealkylation sites (tertiary alicyclic amines) is 1. The summed E-state index contributed by atoms with van der Waals surface area (Å²) in [7, 11) is -3.67. The van der Waals surface area contributed by atoms with Crippen molar-refractivity contribution >= 4 is 15.9 Å². The average Bonchev–Trinajstić information content (AvgIpc) is 2.78. The van der Waals surface area contributed by atoms with Gasteiger partial charge in [-0.3, -0.25) is 4.79 Å². The Morgan fingerprint density at radius 1 is 1.06 bits per heavy atom. The quantitative estimate of drug-likeness (QED) is 0.591. The summed E-state index contributed by atoms with van der Waals surface area (Å²) in [5.74, 6) is 1.62. The highest BCUT2D eigenvalue weighted by molar-refractivity contribution is 7.89. The highest BCUT2D eigenvalue weighted by atomic mass is 32.2. The van der Waals surface area contributed by atoms with Gasteiger partial charge in [-0.1, -0.05) is 39.8 Å². The minimum Gasteiger partial charge on any atom is -0.340 e. The number of hydrogen-bond donors (Lipinski definition) is 1. The van der Waals surface area contributed by atoms with Gasteiger partial charge in [0.05, 0.1) is 4.90 Å². The molecule has 2 heterocycles. The van der Waals surface area contributed by atoms with Gasteiger partial charge < -0.3 is 15.1 Å². The molecule has 2 aliphatic heterocycles. The number of amides is 1. The van der Waals surface area contributed by atoms with E-state index in [1.807, 2.05) is 17.0 Å². The molecule has 1 N–H and O–H groups in total. The fourth-order valence-electron chi connectivity index (χ4n) is 5.05. The first-order valence-corrected chi connectivity index (χ1v) is 13.9. The van der Waals surface area contributed by atoms with Gasteiger partial charge in [-0.05, 0) is 41.9 Å². The van der Waals surface area contributed by atoms with Gasteiger partial charge in [0.2, 0.25) is 15.9 Å². The third-order valence-corrected chi connectivity index (χ3v) is 8.75. The molecule has 8 heteroatoms. The van der Waals surface area contributed by atoms with Crippen LogP contribution in [-0.2, 0) is 14.8 Å². The lowest BCUT2D eigenvalue weighted by molar-refractivity contribution is -0.131. The van der Waals surface area contributed by atoms with Crippen LogP contribution in [0.25, 0.3) is 0 Å². The third-order valence-electron chi connectivity index (χ3n) is 6.84. The summed E-state index contributed by atoms with van der Waals surface area (Å²) in [6, 6.07) is 7.22. The van der Waals surface area contributed by atoms with E-state index in [0.717, 1.165) is 31.7 Å². The molecule has 0 aliphatic carbocycles. The van der Waals surface area contributed by atoms with Gasteiger partial charge in [0.1, 0.15) is 0 Å². The van der Waals surface area contributed by atoms with E-state index in [9.17, 15) is 13.2 Å². The van der Waals surface area contributed by atoms with Gasteiger partial charge in [-0.25, -0.2) is 8.42 Å². The monoisotopic (exact) mass is 478 g/mol. The number of nitrogens with one attached hydrogen (secondary N) is 1. The standard InChI is InChI=1S/C25H42N4O3S/c1-20(2)23-5-7-24(8-6-23)33(31,32)29(12-9-25(30)28-13-10-26-11-14-28)16-15-27-18-21(3)17-22(4)19-27/h5-8,20-22,26H,9-19H2,1-4H3/t21-,22-/m0/s1. The molecule has 2 fully saturated rings. The Bertz CT molecular complexity index is 856. The Hall–Kier alpha value is -1.48. The van der Waals surface area contributed by atoms with Crippen molar-refractivity contribution in [3.63, 3.8) is 0 Å². The molecule has 3 rings (SSSR count). The number of carbonyl (C=O) groups is 1. The molecule has 0 saturated carbocycles. The Morgan fingerprint density at radius 3 is 2.24 bits per heavy atom. The zero-order chi connectivity index (χ0) is 24.0. The molecule has 1 aromatic carbocycles. The van der Waals surface area contributed by atoms with Gasteiger partial charge in [-0.2, -0.15) is 4.31 Å². The molecule has 7 nitrogen and oxygen atoms in total. The number of rotatable bonds is 9. The fourth-order valence-corrected chi connectivity index (χ4v) is 6.48. The normalized spacial score (nSPS) is 22.8. The fraction of sp³-hybridized carbons (Fsp3) is 0.720. The topological polar surface area (TPSA) is 73.0 Å². The first-order chi connectivity index (χ1) is 15.7. The number of hydrogen-bond acceptors (Lipinski definition) is 5. The number of benzene rings is 1. The van der Waals surface area contributed by atoms with Crippen molar-refractivity contribution in [2.75, 3.05) is 58.9 Å². The lowest BCUT2D eigenvalue weighted by Gasteiger charge is -2.36. The molecule has 2 atom stereocenters. The van der Waals surface area contributed by atoms with Crippen LogP contribution >= 0.6 is 0 Å². The van der Waals surface area contributed by atoms with E-state index in [4.69, 9.17) is 0 Å². The molecule has 0 bridgehead atoms. The highest BCUT2D eigenvalue weighted by Gasteiger charge is 2.28. The smallest absolute Gasteiger partial charge is 0.243 e. The summed E-state index contributed by atoms with van der Waals surface area (Å²) < 4.78 is 28.7. The zero-order valence-corrected chi connectivity index (χ0v) is 21.6.